The van der Waals surface area contributed by atoms with Gasteiger partial charge in [0.25, 0.3) is 5.91 Å². The minimum atomic E-state index is 0.00903. The highest BCUT2D eigenvalue weighted by atomic mass is 16.5. The fourth-order valence-corrected chi connectivity index (χ4v) is 4.76. The first kappa shape index (κ1) is 22.4. The van der Waals surface area contributed by atoms with Crippen molar-refractivity contribution in [2.75, 3.05) is 33.9 Å². The molecule has 1 atom stereocenters. The molecule has 1 saturated heterocycles. The second-order valence-electron chi connectivity index (χ2n) is 8.79. The number of nitrogens with zero attached hydrogens (tertiary/aromatic N) is 5. The number of likely N-dealkylation sites (tertiary alicyclic amines) is 1. The standard InChI is InChI=1S/C25H30N6O3/c1-29-20-8-6-17(25(32)30-10-4-5-18(26)15-30)13-19(20)27-24(29)21-14-16-7-9-22(34-3)28-23(16)31(21)11-12-33-2/h6-9,13-14,18H,4-5,10-12,15,26H2,1-3H3/t18-/m1/s1. The number of nitrogens with two attached hydrogens (primary N) is 1. The number of aromatic nitrogens is 4. The van der Waals surface area contributed by atoms with Gasteiger partial charge in [0.05, 0.1) is 30.4 Å². The van der Waals surface area contributed by atoms with E-state index in [0.717, 1.165) is 53.0 Å². The van der Waals surface area contributed by atoms with E-state index in [1.54, 1.807) is 14.2 Å². The average Bonchev–Trinajstić information content (AvgIpc) is 3.38. The van der Waals surface area contributed by atoms with Crippen molar-refractivity contribution in [3.63, 3.8) is 0 Å². The number of pyridine rings is 1. The number of benzene rings is 1. The molecule has 1 aliphatic heterocycles. The van der Waals surface area contributed by atoms with Crippen molar-refractivity contribution in [2.45, 2.75) is 25.4 Å². The predicted octanol–water partition coefficient (Wildman–Crippen LogP) is 2.81. The summed E-state index contributed by atoms with van der Waals surface area (Å²) in [6.45, 7) is 2.50. The summed E-state index contributed by atoms with van der Waals surface area (Å²) >= 11 is 0. The van der Waals surface area contributed by atoms with Gasteiger partial charge in [-0.25, -0.2) is 4.98 Å². The van der Waals surface area contributed by atoms with E-state index in [4.69, 9.17) is 20.2 Å². The minimum Gasteiger partial charge on any atom is -0.481 e. The Labute approximate surface area is 198 Å². The number of ether oxygens (including phenoxy) is 2. The van der Waals surface area contributed by atoms with Crippen LogP contribution in [0.25, 0.3) is 33.6 Å². The monoisotopic (exact) mass is 462 g/mol. The van der Waals surface area contributed by atoms with Gasteiger partial charge in [-0.15, -0.1) is 0 Å². The van der Waals surface area contributed by atoms with Gasteiger partial charge in [-0.2, -0.15) is 4.98 Å². The van der Waals surface area contributed by atoms with Crippen LogP contribution in [0.1, 0.15) is 23.2 Å². The molecule has 1 amide bonds. The van der Waals surface area contributed by atoms with Crippen LogP contribution in [0, 0.1) is 0 Å². The summed E-state index contributed by atoms with van der Waals surface area (Å²) in [5.74, 6) is 1.36. The third-order valence-corrected chi connectivity index (χ3v) is 6.55. The maximum atomic E-state index is 13.1. The number of fused-ring (bicyclic) bond motifs is 2. The molecule has 0 radical (unpaired) electrons. The Morgan fingerprint density at radius 3 is 2.79 bits per heavy atom. The summed E-state index contributed by atoms with van der Waals surface area (Å²) in [5.41, 5.74) is 10.2. The zero-order chi connectivity index (χ0) is 23.8. The molecule has 0 spiro atoms. The number of imidazole rings is 1. The molecule has 178 valence electrons. The van der Waals surface area contributed by atoms with E-state index in [9.17, 15) is 4.79 Å². The van der Waals surface area contributed by atoms with Crippen LogP contribution in [0.4, 0.5) is 0 Å². The number of methoxy groups -OCH3 is 2. The van der Waals surface area contributed by atoms with E-state index < -0.39 is 0 Å². The first-order chi connectivity index (χ1) is 16.5. The van der Waals surface area contributed by atoms with E-state index in [-0.39, 0.29) is 11.9 Å². The first-order valence-electron chi connectivity index (χ1n) is 11.5. The Kier molecular flexibility index (Phi) is 5.97. The van der Waals surface area contributed by atoms with Gasteiger partial charge in [0.15, 0.2) is 5.82 Å². The molecule has 9 nitrogen and oxygen atoms in total. The van der Waals surface area contributed by atoms with Crippen molar-refractivity contribution in [3.05, 3.63) is 42.0 Å². The van der Waals surface area contributed by atoms with Gasteiger partial charge in [0, 0.05) is 56.8 Å². The summed E-state index contributed by atoms with van der Waals surface area (Å²) in [6, 6.07) is 11.7. The van der Waals surface area contributed by atoms with Crippen molar-refractivity contribution in [3.8, 4) is 17.4 Å². The maximum Gasteiger partial charge on any atom is 0.253 e. The number of rotatable bonds is 6. The van der Waals surface area contributed by atoms with Crippen LogP contribution in [-0.4, -0.2) is 69.9 Å². The van der Waals surface area contributed by atoms with Crippen molar-refractivity contribution >= 4 is 28.0 Å². The van der Waals surface area contributed by atoms with Gasteiger partial charge in [-0.05, 0) is 43.2 Å². The third-order valence-electron chi connectivity index (χ3n) is 6.55. The number of hydrogen-bond donors (Lipinski definition) is 1. The molecule has 0 bridgehead atoms. The zero-order valence-corrected chi connectivity index (χ0v) is 19.8. The smallest absolute Gasteiger partial charge is 0.253 e. The van der Waals surface area contributed by atoms with Crippen LogP contribution in [0.3, 0.4) is 0 Å². The SMILES string of the molecule is COCCn1c(-c2nc3cc(C(=O)N4CCC[C@@H](N)C4)ccc3n2C)cc2ccc(OC)nc21. The molecule has 4 heterocycles. The van der Waals surface area contributed by atoms with Gasteiger partial charge in [0.1, 0.15) is 5.65 Å². The lowest BCUT2D eigenvalue weighted by atomic mass is 10.1. The Balaban J connectivity index is 1.57. The van der Waals surface area contributed by atoms with E-state index in [1.807, 2.05) is 42.3 Å². The van der Waals surface area contributed by atoms with E-state index >= 15 is 0 Å². The lowest BCUT2D eigenvalue weighted by molar-refractivity contribution is 0.0709. The summed E-state index contributed by atoms with van der Waals surface area (Å²) < 4.78 is 14.8. The molecule has 0 unspecified atom stereocenters. The lowest BCUT2D eigenvalue weighted by Crippen LogP contribution is -2.45. The van der Waals surface area contributed by atoms with Crippen LogP contribution in [0.5, 0.6) is 5.88 Å². The van der Waals surface area contributed by atoms with Crippen LogP contribution in [-0.2, 0) is 18.3 Å². The van der Waals surface area contributed by atoms with Crippen molar-refractivity contribution < 1.29 is 14.3 Å². The summed E-state index contributed by atoms with van der Waals surface area (Å²) in [7, 11) is 5.28. The summed E-state index contributed by atoms with van der Waals surface area (Å²) in [5, 5.41) is 0.997. The molecular formula is C25H30N6O3. The highest BCUT2D eigenvalue weighted by Gasteiger charge is 2.24. The fourth-order valence-electron chi connectivity index (χ4n) is 4.76. The molecule has 1 aliphatic rings. The minimum absolute atomic E-state index is 0.00903. The average molecular weight is 463 g/mol. The molecule has 0 aliphatic carbocycles. The van der Waals surface area contributed by atoms with E-state index in [2.05, 4.69) is 20.2 Å². The van der Waals surface area contributed by atoms with Gasteiger partial charge >= 0.3 is 0 Å². The van der Waals surface area contributed by atoms with Gasteiger partial charge < -0.3 is 29.2 Å². The summed E-state index contributed by atoms with van der Waals surface area (Å²) in [4.78, 5) is 24.5. The fraction of sp³-hybridized carbons (Fsp3) is 0.400. The molecule has 34 heavy (non-hydrogen) atoms. The first-order valence-corrected chi connectivity index (χ1v) is 11.5. The van der Waals surface area contributed by atoms with Crippen molar-refractivity contribution in [2.24, 2.45) is 12.8 Å². The largest absolute Gasteiger partial charge is 0.481 e. The van der Waals surface area contributed by atoms with Crippen LogP contribution in [0.15, 0.2) is 36.4 Å². The Bertz CT molecular complexity index is 1360. The molecule has 1 aromatic carbocycles. The Hall–Kier alpha value is -3.43. The molecule has 9 heteroatoms. The molecule has 2 N–H and O–H groups in total. The number of carbonyl (C=O) groups excluding carboxylic acids is 1. The van der Waals surface area contributed by atoms with Gasteiger partial charge in [-0.3, -0.25) is 4.79 Å². The van der Waals surface area contributed by atoms with E-state index in [0.29, 0.717) is 31.1 Å². The number of amides is 1. The van der Waals surface area contributed by atoms with Gasteiger partial charge in [0.2, 0.25) is 5.88 Å². The number of carbonyl (C=O) groups is 1. The van der Waals surface area contributed by atoms with Crippen LogP contribution in [0.2, 0.25) is 0 Å². The number of hydrogen-bond acceptors (Lipinski definition) is 6. The third kappa shape index (κ3) is 3.91. The zero-order valence-electron chi connectivity index (χ0n) is 19.8. The Morgan fingerprint density at radius 2 is 2.03 bits per heavy atom. The second kappa shape index (κ2) is 9.08. The van der Waals surface area contributed by atoms with Crippen LogP contribution < -0.4 is 10.5 Å². The highest BCUT2D eigenvalue weighted by molar-refractivity contribution is 5.98. The van der Waals surface area contributed by atoms with Crippen molar-refractivity contribution in [1.29, 1.82) is 0 Å². The van der Waals surface area contributed by atoms with E-state index in [1.165, 1.54) is 0 Å². The molecule has 3 aromatic heterocycles. The van der Waals surface area contributed by atoms with Crippen molar-refractivity contribution in [1.82, 2.24) is 24.0 Å². The number of piperidine rings is 1. The quantitative estimate of drug-likeness (QED) is 0.473. The molecular weight excluding hydrogens is 432 g/mol. The maximum absolute atomic E-state index is 13.1. The normalized spacial score (nSPS) is 16.5. The number of aryl methyl sites for hydroxylation is 1. The highest BCUT2D eigenvalue weighted by Crippen LogP contribution is 2.31. The van der Waals surface area contributed by atoms with Gasteiger partial charge in [-0.1, -0.05) is 0 Å². The molecule has 4 aromatic rings. The lowest BCUT2D eigenvalue weighted by Gasteiger charge is -2.30. The second-order valence-corrected chi connectivity index (χ2v) is 8.79. The molecule has 0 saturated carbocycles. The Morgan fingerprint density at radius 1 is 1.18 bits per heavy atom. The molecule has 5 rings (SSSR count). The van der Waals surface area contributed by atoms with Crippen LogP contribution >= 0.6 is 0 Å². The molecule has 1 fully saturated rings. The summed E-state index contributed by atoms with van der Waals surface area (Å²) in [6.07, 6.45) is 1.90. The topological polar surface area (TPSA) is 100 Å². The predicted molar refractivity (Wildman–Crippen MR) is 131 cm³/mol.